The lowest BCUT2D eigenvalue weighted by Crippen LogP contribution is -2.37. The van der Waals surface area contributed by atoms with Gasteiger partial charge in [-0.05, 0) is 30.5 Å². The number of hydrogen-bond acceptors (Lipinski definition) is 4. The zero-order chi connectivity index (χ0) is 14.6. The second kappa shape index (κ2) is 6.40. The van der Waals surface area contributed by atoms with Gasteiger partial charge in [-0.2, -0.15) is 4.31 Å². The molecule has 19 heavy (non-hydrogen) atoms. The van der Waals surface area contributed by atoms with Gasteiger partial charge in [0.05, 0.1) is 11.4 Å². The highest BCUT2D eigenvalue weighted by molar-refractivity contribution is 7.98. The van der Waals surface area contributed by atoms with Crippen molar-refractivity contribution in [2.75, 3.05) is 33.9 Å². The van der Waals surface area contributed by atoms with Gasteiger partial charge in [-0.1, -0.05) is 0 Å². The molecule has 0 aliphatic rings. The summed E-state index contributed by atoms with van der Waals surface area (Å²) in [5.41, 5.74) is 0. The number of hydrogen-bond donors (Lipinski definition) is 0. The van der Waals surface area contributed by atoms with Crippen molar-refractivity contribution in [2.45, 2.75) is 9.79 Å². The standard InChI is InChI=1S/C12H18N2O3S2/c1-13(2)12(15)9-14(3)19(16,17)11-7-5-10(18-4)6-8-11/h5-8H,9H2,1-4H3. The summed E-state index contributed by atoms with van der Waals surface area (Å²) in [4.78, 5) is 14.1. The van der Waals surface area contributed by atoms with Crippen LogP contribution in [0.25, 0.3) is 0 Å². The van der Waals surface area contributed by atoms with E-state index < -0.39 is 10.0 Å². The van der Waals surface area contributed by atoms with Crippen molar-refractivity contribution in [3.05, 3.63) is 24.3 Å². The molecule has 0 fully saturated rings. The monoisotopic (exact) mass is 302 g/mol. The molecule has 1 rings (SSSR count). The van der Waals surface area contributed by atoms with E-state index in [4.69, 9.17) is 0 Å². The lowest BCUT2D eigenvalue weighted by Gasteiger charge is -2.19. The molecule has 7 heteroatoms. The molecule has 1 amide bonds. The van der Waals surface area contributed by atoms with Crippen LogP contribution in [0, 0.1) is 0 Å². The van der Waals surface area contributed by atoms with Crippen molar-refractivity contribution in [1.82, 2.24) is 9.21 Å². The van der Waals surface area contributed by atoms with Gasteiger partial charge in [0.15, 0.2) is 0 Å². The maximum Gasteiger partial charge on any atom is 0.243 e. The van der Waals surface area contributed by atoms with Gasteiger partial charge in [0.1, 0.15) is 0 Å². The Kier molecular flexibility index (Phi) is 5.39. The maximum absolute atomic E-state index is 12.2. The van der Waals surface area contributed by atoms with Gasteiger partial charge in [0.2, 0.25) is 15.9 Å². The van der Waals surface area contributed by atoms with Crippen molar-refractivity contribution in [3.63, 3.8) is 0 Å². The highest BCUT2D eigenvalue weighted by atomic mass is 32.2. The molecule has 106 valence electrons. The Morgan fingerprint density at radius 1 is 1.16 bits per heavy atom. The molecular formula is C12H18N2O3S2. The molecule has 1 aromatic rings. The Bertz CT molecular complexity index is 539. The van der Waals surface area contributed by atoms with Gasteiger partial charge < -0.3 is 4.90 Å². The summed E-state index contributed by atoms with van der Waals surface area (Å²) in [7, 11) is 0.973. The lowest BCUT2D eigenvalue weighted by atomic mass is 10.4. The normalized spacial score (nSPS) is 11.6. The number of likely N-dealkylation sites (N-methyl/N-ethyl adjacent to an activating group) is 2. The second-order valence-corrected chi connectivity index (χ2v) is 7.15. The number of sulfonamides is 1. The third-order valence-electron chi connectivity index (χ3n) is 2.62. The zero-order valence-corrected chi connectivity index (χ0v) is 13.1. The van der Waals surface area contributed by atoms with Crippen LogP contribution in [0.4, 0.5) is 0 Å². The van der Waals surface area contributed by atoms with E-state index in [1.807, 2.05) is 6.26 Å². The number of carbonyl (C=O) groups excluding carboxylic acids is 1. The van der Waals surface area contributed by atoms with Crippen LogP contribution in [0.3, 0.4) is 0 Å². The van der Waals surface area contributed by atoms with E-state index in [0.717, 1.165) is 9.20 Å². The maximum atomic E-state index is 12.2. The fraction of sp³-hybridized carbons (Fsp3) is 0.417. The summed E-state index contributed by atoms with van der Waals surface area (Å²) < 4.78 is 25.5. The summed E-state index contributed by atoms with van der Waals surface area (Å²) in [5.74, 6) is -0.258. The van der Waals surface area contributed by atoms with Crippen LogP contribution in [-0.4, -0.2) is 57.5 Å². The molecule has 0 heterocycles. The van der Waals surface area contributed by atoms with Gasteiger partial charge in [-0.25, -0.2) is 8.42 Å². The molecule has 1 aromatic carbocycles. The van der Waals surface area contributed by atoms with Gasteiger partial charge >= 0.3 is 0 Å². The van der Waals surface area contributed by atoms with Crippen LogP contribution < -0.4 is 0 Å². The summed E-state index contributed by atoms with van der Waals surface area (Å²) in [6.07, 6.45) is 1.92. The number of rotatable bonds is 5. The van der Waals surface area contributed by atoms with Gasteiger partial charge in [0, 0.05) is 26.0 Å². The van der Waals surface area contributed by atoms with E-state index in [-0.39, 0.29) is 17.3 Å². The summed E-state index contributed by atoms with van der Waals surface area (Å²) in [5, 5.41) is 0. The topological polar surface area (TPSA) is 57.7 Å². The summed E-state index contributed by atoms with van der Waals surface area (Å²) in [6.45, 7) is -0.167. The molecular weight excluding hydrogens is 284 g/mol. The molecule has 0 aliphatic heterocycles. The van der Waals surface area contributed by atoms with Crippen LogP contribution in [0.15, 0.2) is 34.1 Å². The van der Waals surface area contributed by atoms with E-state index in [1.165, 1.54) is 11.9 Å². The van der Waals surface area contributed by atoms with Gasteiger partial charge in [-0.3, -0.25) is 4.79 Å². The van der Waals surface area contributed by atoms with Crippen molar-refractivity contribution in [2.24, 2.45) is 0 Å². The largest absolute Gasteiger partial charge is 0.348 e. The molecule has 0 bridgehead atoms. The van der Waals surface area contributed by atoms with Crippen LogP contribution in [0.1, 0.15) is 0 Å². The minimum atomic E-state index is -3.62. The van der Waals surface area contributed by atoms with E-state index in [0.29, 0.717) is 0 Å². The van der Waals surface area contributed by atoms with E-state index in [2.05, 4.69) is 0 Å². The van der Waals surface area contributed by atoms with Crippen molar-refractivity contribution in [3.8, 4) is 0 Å². The minimum absolute atomic E-state index is 0.167. The highest BCUT2D eigenvalue weighted by Gasteiger charge is 2.23. The fourth-order valence-corrected chi connectivity index (χ4v) is 2.87. The molecule has 0 N–H and O–H groups in total. The molecule has 0 aromatic heterocycles. The first-order chi connectivity index (χ1) is 8.78. The third-order valence-corrected chi connectivity index (χ3v) is 5.19. The molecule has 5 nitrogen and oxygen atoms in total. The average molecular weight is 302 g/mol. The average Bonchev–Trinajstić information content (AvgIpc) is 2.38. The molecule has 0 radical (unpaired) electrons. The first-order valence-electron chi connectivity index (χ1n) is 5.59. The number of thioether (sulfide) groups is 1. The highest BCUT2D eigenvalue weighted by Crippen LogP contribution is 2.19. The fourth-order valence-electron chi connectivity index (χ4n) is 1.34. The number of carbonyl (C=O) groups is 1. The van der Waals surface area contributed by atoms with E-state index in [1.54, 1.807) is 50.1 Å². The Balaban J connectivity index is 2.93. The zero-order valence-electron chi connectivity index (χ0n) is 11.5. The Morgan fingerprint density at radius 2 is 1.68 bits per heavy atom. The Morgan fingerprint density at radius 3 is 2.11 bits per heavy atom. The predicted octanol–water partition coefficient (Wildman–Crippen LogP) is 1.12. The third kappa shape index (κ3) is 3.95. The SMILES string of the molecule is CSc1ccc(S(=O)(=O)N(C)CC(=O)N(C)C)cc1. The van der Waals surface area contributed by atoms with E-state index in [9.17, 15) is 13.2 Å². The lowest BCUT2D eigenvalue weighted by molar-refractivity contribution is -0.128. The Hall–Kier alpha value is -1.05. The molecule has 0 atom stereocenters. The molecule has 0 unspecified atom stereocenters. The number of amides is 1. The van der Waals surface area contributed by atoms with Crippen molar-refractivity contribution >= 4 is 27.7 Å². The van der Waals surface area contributed by atoms with Gasteiger partial charge in [0.25, 0.3) is 0 Å². The molecule has 0 saturated heterocycles. The van der Waals surface area contributed by atoms with Crippen molar-refractivity contribution < 1.29 is 13.2 Å². The second-order valence-electron chi connectivity index (χ2n) is 4.22. The quantitative estimate of drug-likeness (QED) is 0.765. The van der Waals surface area contributed by atoms with Crippen LogP contribution in [0.5, 0.6) is 0 Å². The van der Waals surface area contributed by atoms with Crippen LogP contribution in [0.2, 0.25) is 0 Å². The first-order valence-corrected chi connectivity index (χ1v) is 8.26. The number of benzene rings is 1. The summed E-state index contributed by atoms with van der Waals surface area (Å²) >= 11 is 1.54. The Labute approximate surface area is 118 Å². The van der Waals surface area contributed by atoms with Crippen LogP contribution in [-0.2, 0) is 14.8 Å². The van der Waals surface area contributed by atoms with Crippen LogP contribution >= 0.6 is 11.8 Å². The molecule has 0 spiro atoms. The van der Waals surface area contributed by atoms with Crippen molar-refractivity contribution in [1.29, 1.82) is 0 Å². The van der Waals surface area contributed by atoms with Gasteiger partial charge in [-0.15, -0.1) is 11.8 Å². The number of nitrogens with zero attached hydrogens (tertiary/aromatic N) is 2. The minimum Gasteiger partial charge on any atom is -0.348 e. The van der Waals surface area contributed by atoms with E-state index >= 15 is 0 Å². The first kappa shape index (κ1) is 16.0. The molecule has 0 saturated carbocycles. The predicted molar refractivity (Wildman–Crippen MR) is 76.7 cm³/mol. The summed E-state index contributed by atoms with van der Waals surface area (Å²) in [6, 6.07) is 6.61. The molecule has 0 aliphatic carbocycles. The smallest absolute Gasteiger partial charge is 0.243 e.